The number of rotatable bonds is 3. The first-order chi connectivity index (χ1) is 9.74. The van der Waals surface area contributed by atoms with Gasteiger partial charge < -0.3 is 9.80 Å². The quantitative estimate of drug-likeness (QED) is 0.839. The summed E-state index contributed by atoms with van der Waals surface area (Å²) in [5.41, 5.74) is 1.12. The van der Waals surface area contributed by atoms with Crippen molar-refractivity contribution in [2.75, 3.05) is 19.6 Å². The van der Waals surface area contributed by atoms with Crippen LogP contribution in [0.15, 0.2) is 30.3 Å². The molecule has 2 amide bonds. The molecule has 1 atom stereocenters. The number of nitrogens with zero attached hydrogens (tertiary/aromatic N) is 2. The van der Waals surface area contributed by atoms with Crippen molar-refractivity contribution in [3.8, 4) is 0 Å². The Hall–Kier alpha value is -1.84. The fourth-order valence-corrected chi connectivity index (χ4v) is 3.09. The number of likely N-dealkylation sites (tertiary alicyclic amines) is 2. The van der Waals surface area contributed by atoms with Gasteiger partial charge in [0.05, 0.1) is 5.92 Å². The molecule has 0 aromatic heterocycles. The van der Waals surface area contributed by atoms with Gasteiger partial charge in [-0.1, -0.05) is 30.3 Å². The Balaban J connectivity index is 1.61. The molecule has 106 valence electrons. The van der Waals surface area contributed by atoms with Crippen LogP contribution in [0, 0.1) is 5.92 Å². The van der Waals surface area contributed by atoms with Crippen molar-refractivity contribution < 1.29 is 9.59 Å². The molecule has 2 aliphatic rings. The largest absolute Gasteiger partial charge is 0.342 e. The third-order valence-electron chi connectivity index (χ3n) is 4.20. The van der Waals surface area contributed by atoms with Crippen LogP contribution >= 0.6 is 0 Å². The van der Waals surface area contributed by atoms with Gasteiger partial charge in [-0.15, -0.1) is 0 Å². The summed E-state index contributed by atoms with van der Waals surface area (Å²) in [5.74, 6) is 0.141. The molecule has 0 radical (unpaired) electrons. The van der Waals surface area contributed by atoms with E-state index in [1.807, 2.05) is 40.1 Å². The minimum absolute atomic E-state index is 0.103. The maximum Gasteiger partial charge on any atom is 0.227 e. The lowest BCUT2D eigenvalue weighted by molar-refractivity contribution is -0.134. The summed E-state index contributed by atoms with van der Waals surface area (Å²) in [6, 6.07) is 9.95. The second-order valence-electron chi connectivity index (χ2n) is 5.69. The SMILES string of the molecule is O=C1C[C@H](C(=O)N2CCCC2)CN1Cc1ccccc1. The molecule has 2 saturated heterocycles. The fourth-order valence-electron chi connectivity index (χ4n) is 3.09. The van der Waals surface area contributed by atoms with Crippen LogP contribution in [0.5, 0.6) is 0 Å². The van der Waals surface area contributed by atoms with Crippen LogP contribution in [-0.4, -0.2) is 41.2 Å². The van der Waals surface area contributed by atoms with Crippen molar-refractivity contribution in [3.05, 3.63) is 35.9 Å². The molecule has 4 nitrogen and oxygen atoms in total. The van der Waals surface area contributed by atoms with Gasteiger partial charge in [0.1, 0.15) is 0 Å². The van der Waals surface area contributed by atoms with E-state index in [1.54, 1.807) is 0 Å². The van der Waals surface area contributed by atoms with E-state index in [9.17, 15) is 9.59 Å². The Morgan fingerprint density at radius 1 is 1.15 bits per heavy atom. The highest BCUT2D eigenvalue weighted by Crippen LogP contribution is 2.23. The highest BCUT2D eigenvalue weighted by molar-refractivity contribution is 5.89. The van der Waals surface area contributed by atoms with Gasteiger partial charge in [0.15, 0.2) is 0 Å². The van der Waals surface area contributed by atoms with Crippen molar-refractivity contribution in [1.82, 2.24) is 9.80 Å². The molecular weight excluding hydrogens is 252 g/mol. The molecule has 0 bridgehead atoms. The van der Waals surface area contributed by atoms with Gasteiger partial charge in [-0.25, -0.2) is 0 Å². The summed E-state index contributed by atoms with van der Waals surface area (Å²) in [6.45, 7) is 2.91. The Bertz CT molecular complexity index is 494. The van der Waals surface area contributed by atoms with Crippen molar-refractivity contribution in [2.45, 2.75) is 25.8 Å². The van der Waals surface area contributed by atoms with E-state index in [-0.39, 0.29) is 17.7 Å². The number of carbonyl (C=O) groups is 2. The van der Waals surface area contributed by atoms with E-state index in [0.717, 1.165) is 31.5 Å². The monoisotopic (exact) mass is 272 g/mol. The van der Waals surface area contributed by atoms with E-state index in [0.29, 0.717) is 19.5 Å². The summed E-state index contributed by atoms with van der Waals surface area (Å²) in [5, 5.41) is 0. The topological polar surface area (TPSA) is 40.6 Å². The summed E-state index contributed by atoms with van der Waals surface area (Å²) in [4.78, 5) is 28.1. The van der Waals surface area contributed by atoms with Crippen molar-refractivity contribution in [2.24, 2.45) is 5.92 Å². The van der Waals surface area contributed by atoms with Crippen LogP contribution in [0.4, 0.5) is 0 Å². The highest BCUT2D eigenvalue weighted by Gasteiger charge is 2.36. The van der Waals surface area contributed by atoms with Gasteiger partial charge >= 0.3 is 0 Å². The fraction of sp³-hybridized carbons (Fsp3) is 0.500. The summed E-state index contributed by atoms with van der Waals surface area (Å²) in [7, 11) is 0. The first kappa shape index (κ1) is 13.2. The molecule has 3 rings (SSSR count). The minimum atomic E-state index is -0.135. The van der Waals surface area contributed by atoms with E-state index in [4.69, 9.17) is 0 Å². The predicted molar refractivity (Wildman–Crippen MR) is 75.8 cm³/mol. The molecular formula is C16H20N2O2. The maximum atomic E-state index is 12.3. The molecule has 0 unspecified atom stereocenters. The van der Waals surface area contributed by atoms with Crippen LogP contribution in [0.1, 0.15) is 24.8 Å². The molecule has 2 heterocycles. The van der Waals surface area contributed by atoms with Gasteiger partial charge in [-0.2, -0.15) is 0 Å². The maximum absolute atomic E-state index is 12.3. The predicted octanol–water partition coefficient (Wildman–Crippen LogP) is 1.66. The molecule has 0 spiro atoms. The number of benzene rings is 1. The third-order valence-corrected chi connectivity index (χ3v) is 4.20. The van der Waals surface area contributed by atoms with Crippen LogP contribution in [-0.2, 0) is 16.1 Å². The Morgan fingerprint density at radius 3 is 2.55 bits per heavy atom. The normalized spacial score (nSPS) is 22.6. The van der Waals surface area contributed by atoms with Gasteiger partial charge in [0.2, 0.25) is 11.8 Å². The van der Waals surface area contributed by atoms with Crippen molar-refractivity contribution >= 4 is 11.8 Å². The van der Waals surface area contributed by atoms with Crippen LogP contribution in [0.2, 0.25) is 0 Å². The van der Waals surface area contributed by atoms with Gasteiger partial charge in [-0.05, 0) is 18.4 Å². The first-order valence-electron chi connectivity index (χ1n) is 7.34. The van der Waals surface area contributed by atoms with E-state index >= 15 is 0 Å². The van der Waals surface area contributed by atoms with E-state index in [2.05, 4.69) is 0 Å². The van der Waals surface area contributed by atoms with Gasteiger partial charge in [0.25, 0.3) is 0 Å². The summed E-state index contributed by atoms with van der Waals surface area (Å²) < 4.78 is 0. The lowest BCUT2D eigenvalue weighted by atomic mass is 10.1. The van der Waals surface area contributed by atoms with Crippen molar-refractivity contribution in [1.29, 1.82) is 0 Å². The molecule has 2 aliphatic heterocycles. The standard InChI is InChI=1S/C16H20N2O2/c19-15-10-14(16(20)17-8-4-5-9-17)12-18(15)11-13-6-2-1-3-7-13/h1-3,6-7,14H,4-5,8-12H2/t14-/m0/s1. The molecule has 0 N–H and O–H groups in total. The number of amides is 2. The smallest absolute Gasteiger partial charge is 0.227 e. The zero-order chi connectivity index (χ0) is 13.9. The van der Waals surface area contributed by atoms with E-state index in [1.165, 1.54) is 0 Å². The zero-order valence-corrected chi connectivity index (χ0v) is 11.6. The summed E-state index contributed by atoms with van der Waals surface area (Å²) in [6.07, 6.45) is 2.57. The Morgan fingerprint density at radius 2 is 1.85 bits per heavy atom. The highest BCUT2D eigenvalue weighted by atomic mass is 16.2. The average Bonchev–Trinajstić information content (AvgIpc) is 3.10. The molecule has 0 saturated carbocycles. The number of hydrogen-bond acceptors (Lipinski definition) is 2. The second kappa shape index (κ2) is 5.65. The Kier molecular flexibility index (Phi) is 3.72. The first-order valence-corrected chi connectivity index (χ1v) is 7.34. The zero-order valence-electron chi connectivity index (χ0n) is 11.6. The molecule has 1 aromatic carbocycles. The average molecular weight is 272 g/mol. The molecule has 2 fully saturated rings. The molecule has 0 aliphatic carbocycles. The number of carbonyl (C=O) groups excluding carboxylic acids is 2. The van der Waals surface area contributed by atoms with Gasteiger partial charge in [0, 0.05) is 32.6 Å². The minimum Gasteiger partial charge on any atom is -0.342 e. The molecule has 1 aromatic rings. The van der Waals surface area contributed by atoms with Crippen LogP contribution in [0.25, 0.3) is 0 Å². The van der Waals surface area contributed by atoms with Crippen LogP contribution < -0.4 is 0 Å². The second-order valence-corrected chi connectivity index (χ2v) is 5.69. The lowest BCUT2D eigenvalue weighted by Crippen LogP contribution is -2.35. The summed E-state index contributed by atoms with van der Waals surface area (Å²) >= 11 is 0. The van der Waals surface area contributed by atoms with Crippen molar-refractivity contribution in [3.63, 3.8) is 0 Å². The van der Waals surface area contributed by atoms with E-state index < -0.39 is 0 Å². The molecule has 20 heavy (non-hydrogen) atoms. The van der Waals surface area contributed by atoms with Crippen LogP contribution in [0.3, 0.4) is 0 Å². The number of hydrogen-bond donors (Lipinski definition) is 0. The third kappa shape index (κ3) is 2.69. The Labute approximate surface area is 119 Å². The lowest BCUT2D eigenvalue weighted by Gasteiger charge is -2.20. The van der Waals surface area contributed by atoms with Gasteiger partial charge in [-0.3, -0.25) is 9.59 Å². The molecule has 4 heteroatoms.